The first-order valence-electron chi connectivity index (χ1n) is 11.3. The van der Waals surface area contributed by atoms with Gasteiger partial charge in [-0.3, -0.25) is 9.36 Å². The largest absolute Gasteiger partial charge is 0.294 e. The van der Waals surface area contributed by atoms with E-state index in [4.69, 9.17) is 0 Å². The maximum atomic E-state index is 13.8. The fraction of sp³-hybridized carbons (Fsp3) is 0.875. The van der Waals surface area contributed by atoms with E-state index in [2.05, 4.69) is 40.7 Å². The highest BCUT2D eigenvalue weighted by molar-refractivity contribution is 7.24. The quantitative estimate of drug-likeness (QED) is 0.390. The zero-order valence-electron chi connectivity index (χ0n) is 17.8. The van der Waals surface area contributed by atoms with Gasteiger partial charge in [-0.2, -0.15) is 0 Å². The molecule has 4 rings (SSSR count). The summed E-state index contributed by atoms with van der Waals surface area (Å²) in [6.07, 6.45) is 10.3. The Morgan fingerprint density at radius 3 is 2.33 bits per heavy atom. The number of carbonyl (C=O) groups excluding carboxylic acids is 1. The van der Waals surface area contributed by atoms with Crippen LogP contribution in [-0.4, -0.2) is 11.4 Å². The number of carbonyl (C=O) groups is 1. The zero-order valence-corrected chi connectivity index (χ0v) is 18.7. The van der Waals surface area contributed by atoms with Crippen LogP contribution in [0.25, 0.3) is 0 Å². The fourth-order valence-electron chi connectivity index (χ4n) is 8.42. The minimum Gasteiger partial charge on any atom is -0.294 e. The van der Waals surface area contributed by atoms with Crippen LogP contribution < -0.4 is 0 Å². The normalized spacial score (nSPS) is 51.3. The van der Waals surface area contributed by atoms with Crippen molar-refractivity contribution in [3.05, 3.63) is 11.6 Å². The molecule has 0 bridgehead atoms. The minimum absolute atomic E-state index is 0.221. The van der Waals surface area contributed by atoms with E-state index in [9.17, 15) is 9.36 Å². The van der Waals surface area contributed by atoms with Crippen LogP contribution in [0, 0.1) is 46.3 Å². The molecule has 3 heteroatoms. The summed E-state index contributed by atoms with van der Waals surface area (Å²) >= 11 is 0. The molecule has 0 aromatic carbocycles. The first kappa shape index (κ1) is 19.8. The highest BCUT2D eigenvalue weighted by atomic mass is 31.1. The second-order valence-electron chi connectivity index (χ2n) is 10.9. The molecule has 0 N–H and O–H groups in total. The van der Waals surface area contributed by atoms with Crippen molar-refractivity contribution in [1.29, 1.82) is 0 Å². The average molecular weight is 389 g/mol. The Morgan fingerprint density at radius 1 is 1.04 bits per heavy atom. The molecule has 0 aliphatic heterocycles. The molecule has 0 heterocycles. The molecule has 2 nitrogen and oxygen atoms in total. The summed E-state index contributed by atoms with van der Waals surface area (Å²) in [6, 6.07) is 0. The molecule has 4 aliphatic carbocycles. The summed E-state index contributed by atoms with van der Waals surface area (Å²) in [4.78, 5) is 13.8. The molecule has 0 saturated heterocycles. The van der Waals surface area contributed by atoms with Gasteiger partial charge in [-0.05, 0) is 97.9 Å². The van der Waals surface area contributed by atoms with Crippen molar-refractivity contribution in [2.45, 2.75) is 85.2 Å². The van der Waals surface area contributed by atoms with E-state index in [0.29, 0.717) is 34.9 Å². The molecule has 4 saturated carbocycles. The summed E-state index contributed by atoms with van der Waals surface area (Å²) in [5, 5.41) is 0. The van der Waals surface area contributed by atoms with E-state index >= 15 is 0 Å². The summed E-state index contributed by atoms with van der Waals surface area (Å²) < 4.78 is 11.6. The van der Waals surface area contributed by atoms with Crippen LogP contribution in [-0.2, 0) is 9.36 Å². The van der Waals surface area contributed by atoms with Gasteiger partial charge in [0.25, 0.3) is 0 Å². The third-order valence-corrected chi connectivity index (χ3v) is 10.5. The Bertz CT molecular complexity index is 667. The van der Waals surface area contributed by atoms with Crippen LogP contribution in [0.3, 0.4) is 0 Å². The Labute approximate surface area is 167 Å². The van der Waals surface area contributed by atoms with Crippen molar-refractivity contribution in [1.82, 2.24) is 0 Å². The lowest BCUT2D eigenvalue weighted by atomic mass is 9.43. The van der Waals surface area contributed by atoms with E-state index in [1.807, 2.05) is 0 Å². The summed E-state index contributed by atoms with van der Waals surface area (Å²) in [5.74, 6) is 3.61. The van der Waals surface area contributed by atoms with E-state index in [0.717, 1.165) is 30.8 Å². The minimum atomic E-state index is 0.221. The number of hydrogen-bond donors (Lipinski definition) is 0. The van der Waals surface area contributed by atoms with Crippen molar-refractivity contribution in [2.75, 3.05) is 0 Å². The lowest BCUT2D eigenvalue weighted by molar-refractivity contribution is -0.146. The number of hydrogen-bond acceptors (Lipinski definition) is 2. The molecule has 0 aromatic rings. The number of fused-ring (bicyclic) bond motifs is 5. The number of rotatable bonds is 2. The predicted octanol–water partition coefficient (Wildman–Crippen LogP) is 6.70. The number of ketones is 1. The highest BCUT2D eigenvalue weighted by Crippen LogP contribution is 2.68. The topological polar surface area (TPSA) is 34.1 Å². The predicted molar refractivity (Wildman–Crippen MR) is 111 cm³/mol. The summed E-state index contributed by atoms with van der Waals surface area (Å²) in [6.45, 7) is 11.8. The van der Waals surface area contributed by atoms with Gasteiger partial charge in [0.1, 0.15) is 0 Å². The van der Waals surface area contributed by atoms with Gasteiger partial charge >= 0.3 is 0 Å². The van der Waals surface area contributed by atoms with Gasteiger partial charge in [-0.25, -0.2) is 0 Å². The molecule has 0 aromatic heterocycles. The Morgan fingerprint density at radius 2 is 1.70 bits per heavy atom. The van der Waals surface area contributed by atoms with Crippen LogP contribution in [0.4, 0.5) is 0 Å². The molecule has 4 fully saturated rings. The molecule has 0 spiro atoms. The van der Waals surface area contributed by atoms with E-state index in [1.54, 1.807) is 0 Å². The second-order valence-corrected chi connectivity index (χ2v) is 11.9. The summed E-state index contributed by atoms with van der Waals surface area (Å²) in [5.41, 5.74) is 1.90. The van der Waals surface area contributed by atoms with Gasteiger partial charge in [0, 0.05) is 11.6 Å². The summed E-state index contributed by atoms with van der Waals surface area (Å²) in [7, 11) is 0.278. The molecule has 150 valence electrons. The molecular formula is C24H37O2P. The van der Waals surface area contributed by atoms with Crippen LogP contribution in [0.15, 0.2) is 11.6 Å². The molecule has 0 radical (unpaired) electrons. The van der Waals surface area contributed by atoms with Gasteiger partial charge in [-0.15, -0.1) is 0 Å². The van der Waals surface area contributed by atoms with Crippen LogP contribution in [0.2, 0.25) is 0 Å². The highest BCUT2D eigenvalue weighted by Gasteiger charge is 2.64. The zero-order chi connectivity index (χ0) is 19.6. The van der Waals surface area contributed by atoms with Gasteiger partial charge in [-0.1, -0.05) is 33.8 Å². The lowest BCUT2D eigenvalue weighted by Crippen LogP contribution is -2.58. The van der Waals surface area contributed by atoms with Crippen molar-refractivity contribution < 1.29 is 9.36 Å². The third kappa shape index (κ3) is 2.68. The van der Waals surface area contributed by atoms with Crippen LogP contribution in [0.5, 0.6) is 0 Å². The molecule has 4 aliphatic rings. The van der Waals surface area contributed by atoms with Crippen LogP contribution >= 0.6 is 8.46 Å². The molecular weight excluding hydrogens is 351 g/mol. The van der Waals surface area contributed by atoms with Gasteiger partial charge in [0.05, 0.1) is 0 Å². The van der Waals surface area contributed by atoms with Gasteiger partial charge < -0.3 is 0 Å². The molecule has 0 amide bonds. The Balaban J connectivity index is 1.74. The first-order valence-corrected chi connectivity index (χ1v) is 12.2. The monoisotopic (exact) mass is 388 g/mol. The number of Topliss-reactive ketones (excluding diaryl/α,β-unsaturated/α-hetero) is 1. The van der Waals surface area contributed by atoms with Crippen molar-refractivity contribution in [3.8, 4) is 0 Å². The van der Waals surface area contributed by atoms with Crippen molar-refractivity contribution in [3.63, 3.8) is 0 Å². The van der Waals surface area contributed by atoms with Gasteiger partial charge in [0.2, 0.25) is 0 Å². The van der Waals surface area contributed by atoms with E-state index < -0.39 is 0 Å². The first-order chi connectivity index (χ1) is 12.8. The molecule has 27 heavy (non-hydrogen) atoms. The maximum absolute atomic E-state index is 13.8. The standard InChI is InChI=1S/C24H37O2P/c1-6-16-20-13-15(27-26)9-11-24(20,5)19-10-12-23(4)17(14(2)3)7-8-18(23)21(19)22(16)25/h6,14-15,17-21H,7-13H2,1-5H3/b16-6+/t15-,17-,18?,19?,20+,21?,23-,24-/m1/s1. The van der Waals surface area contributed by atoms with Crippen molar-refractivity contribution in [2.24, 2.45) is 46.3 Å². The molecule has 8 atom stereocenters. The maximum Gasteiger partial charge on any atom is 0.162 e. The Hall–Kier alpha value is -0.490. The van der Waals surface area contributed by atoms with Crippen LogP contribution in [0.1, 0.15) is 79.6 Å². The van der Waals surface area contributed by atoms with E-state index in [1.165, 1.54) is 25.7 Å². The SMILES string of the molecule is C/C=C1/C(=O)C2C3CC[C@H](C(C)C)[C@@]3(C)CCC2[C@@]2(C)CC[C@@H](P=O)C[C@@H]12. The fourth-order valence-corrected chi connectivity index (χ4v) is 8.95. The second kappa shape index (κ2) is 6.79. The molecule has 3 unspecified atom stereocenters. The smallest absolute Gasteiger partial charge is 0.162 e. The Kier molecular flexibility index (Phi) is 4.98. The lowest BCUT2D eigenvalue weighted by Gasteiger charge is -2.60. The number of allylic oxidation sites excluding steroid dienone is 2. The van der Waals surface area contributed by atoms with E-state index in [-0.39, 0.29) is 25.5 Å². The third-order valence-electron chi connectivity index (χ3n) is 9.74. The van der Waals surface area contributed by atoms with Gasteiger partial charge in [0.15, 0.2) is 14.2 Å². The average Bonchev–Trinajstić information content (AvgIpc) is 2.99. The van der Waals surface area contributed by atoms with Crippen molar-refractivity contribution >= 4 is 14.2 Å².